The Balaban J connectivity index is 2.12. The van der Waals surface area contributed by atoms with E-state index in [0.717, 1.165) is 5.75 Å². The van der Waals surface area contributed by atoms with E-state index in [1.165, 1.54) is 21.9 Å². The maximum atomic E-state index is 5.57. The van der Waals surface area contributed by atoms with Crippen molar-refractivity contribution in [2.75, 3.05) is 7.11 Å². The van der Waals surface area contributed by atoms with E-state index >= 15 is 0 Å². The van der Waals surface area contributed by atoms with Gasteiger partial charge in [0, 0.05) is 0 Å². The number of benzene rings is 4. The van der Waals surface area contributed by atoms with Gasteiger partial charge >= 0.3 is 0 Å². The van der Waals surface area contributed by atoms with Crippen molar-refractivity contribution >= 4 is 28.0 Å². The molecule has 0 aromatic heterocycles. The van der Waals surface area contributed by atoms with Gasteiger partial charge in [0.1, 0.15) is 11.9 Å². The van der Waals surface area contributed by atoms with E-state index in [2.05, 4.69) is 109 Å². The van der Waals surface area contributed by atoms with Crippen LogP contribution in [0, 0.1) is 0 Å². The molecule has 1 nitrogen and oxygen atoms in total. The fourth-order valence-electron chi connectivity index (χ4n) is 4.29. The lowest BCUT2D eigenvalue weighted by atomic mass is 9.13. The zero-order chi connectivity index (χ0) is 18.5. The van der Waals surface area contributed by atoms with Crippen LogP contribution in [-0.4, -0.2) is 13.3 Å². The Bertz CT molecular complexity index is 901. The fraction of sp³-hybridized carbons (Fsp3) is 0.0400. The zero-order valence-electron chi connectivity index (χ0n) is 15.5. The van der Waals surface area contributed by atoms with Gasteiger partial charge in [0.25, 0.3) is 0 Å². The lowest BCUT2D eigenvalue weighted by Crippen LogP contribution is -2.74. The van der Waals surface area contributed by atoms with Crippen LogP contribution >= 0.6 is 0 Å². The normalized spacial score (nSPS) is 11.1. The molecule has 0 aliphatic carbocycles. The van der Waals surface area contributed by atoms with Crippen molar-refractivity contribution in [1.29, 1.82) is 0 Å². The molecular weight excluding hydrogens is 327 g/mol. The summed E-state index contributed by atoms with van der Waals surface area (Å²) in [6.07, 6.45) is -1.32. The van der Waals surface area contributed by atoms with Crippen LogP contribution in [0.5, 0.6) is 5.75 Å². The Kier molecular flexibility index (Phi) is 4.80. The second kappa shape index (κ2) is 7.55. The first-order valence-corrected chi connectivity index (χ1v) is 9.32. The van der Waals surface area contributed by atoms with E-state index < -0.39 is 6.15 Å². The number of rotatable bonds is 5. The van der Waals surface area contributed by atoms with E-state index in [-0.39, 0.29) is 0 Å². The number of hydrogen-bond acceptors (Lipinski definition) is 1. The molecule has 4 rings (SSSR count). The highest BCUT2D eigenvalue weighted by Crippen LogP contribution is 2.13. The van der Waals surface area contributed by atoms with Gasteiger partial charge in [-0.1, -0.05) is 109 Å². The maximum Gasteiger partial charge on any atom is 0.115 e. The maximum absolute atomic E-state index is 5.57. The van der Waals surface area contributed by atoms with Gasteiger partial charge in [-0.05, 0) is 6.07 Å². The van der Waals surface area contributed by atoms with E-state index in [4.69, 9.17) is 4.74 Å². The van der Waals surface area contributed by atoms with Crippen molar-refractivity contribution in [2.45, 2.75) is 0 Å². The molecule has 0 spiro atoms. The molecule has 0 radical (unpaired) electrons. The predicted octanol–water partition coefficient (Wildman–Crippen LogP) is 3.07. The van der Waals surface area contributed by atoms with Crippen molar-refractivity contribution in [1.82, 2.24) is 0 Å². The minimum absolute atomic E-state index is 0.876. The molecule has 2 heteroatoms. The van der Waals surface area contributed by atoms with Crippen LogP contribution in [0.1, 0.15) is 0 Å². The highest BCUT2D eigenvalue weighted by atomic mass is 16.5. The van der Waals surface area contributed by atoms with Crippen LogP contribution in [0.25, 0.3) is 0 Å². The molecule has 0 fully saturated rings. The van der Waals surface area contributed by atoms with Gasteiger partial charge in [-0.2, -0.15) is 21.9 Å². The molecule has 4 aromatic carbocycles. The summed E-state index contributed by atoms with van der Waals surface area (Å²) < 4.78 is 5.57. The molecule has 0 aliphatic rings. The Labute approximate surface area is 161 Å². The summed E-state index contributed by atoms with van der Waals surface area (Å²) in [4.78, 5) is 0. The Hall–Kier alpha value is -3.26. The third kappa shape index (κ3) is 3.04. The van der Waals surface area contributed by atoms with Crippen LogP contribution in [0.15, 0.2) is 115 Å². The molecule has 0 saturated heterocycles. The van der Waals surface area contributed by atoms with Gasteiger partial charge in [-0.15, -0.1) is 0 Å². The molecule has 0 saturated carbocycles. The standard InChI is InChI=1S/C25H22BO/c1-27-25-19-11-18-24(20-25)26(21-12-5-2-6-13-21,22-14-7-3-8-15-22)23-16-9-4-10-17-23/h2-20H,1H3/q-1. The second-order valence-electron chi connectivity index (χ2n) is 6.87. The van der Waals surface area contributed by atoms with Crippen LogP contribution in [0.2, 0.25) is 0 Å². The average Bonchev–Trinajstić information content (AvgIpc) is 2.77. The highest BCUT2D eigenvalue weighted by molar-refractivity contribution is 7.19. The molecule has 0 bridgehead atoms. The smallest absolute Gasteiger partial charge is 0.115 e. The van der Waals surface area contributed by atoms with Gasteiger partial charge < -0.3 is 4.74 Å². The molecule has 27 heavy (non-hydrogen) atoms. The van der Waals surface area contributed by atoms with Gasteiger partial charge in [-0.25, -0.2) is 0 Å². The lowest BCUT2D eigenvalue weighted by Gasteiger charge is -2.44. The monoisotopic (exact) mass is 349 g/mol. The Morgan fingerprint density at radius 1 is 0.481 bits per heavy atom. The predicted molar refractivity (Wildman–Crippen MR) is 117 cm³/mol. The largest absolute Gasteiger partial charge is 0.497 e. The summed E-state index contributed by atoms with van der Waals surface area (Å²) in [5.41, 5.74) is 5.13. The Morgan fingerprint density at radius 2 is 0.889 bits per heavy atom. The van der Waals surface area contributed by atoms with Crippen molar-refractivity contribution in [2.24, 2.45) is 0 Å². The molecule has 0 atom stereocenters. The van der Waals surface area contributed by atoms with Crippen LogP contribution < -0.4 is 26.6 Å². The summed E-state index contributed by atoms with van der Waals surface area (Å²) in [7, 11) is 1.72. The van der Waals surface area contributed by atoms with Crippen LogP contribution in [-0.2, 0) is 0 Å². The molecular formula is C25H22BO-. The number of methoxy groups -OCH3 is 1. The third-order valence-electron chi connectivity index (χ3n) is 5.49. The summed E-state index contributed by atoms with van der Waals surface area (Å²) in [5, 5.41) is 0. The van der Waals surface area contributed by atoms with Crippen molar-refractivity contribution in [3.8, 4) is 5.75 Å². The van der Waals surface area contributed by atoms with E-state index in [1.54, 1.807) is 7.11 Å². The minimum atomic E-state index is -1.32. The van der Waals surface area contributed by atoms with Gasteiger partial charge in [-0.3, -0.25) is 0 Å². The second-order valence-corrected chi connectivity index (χ2v) is 6.87. The molecule has 4 aromatic rings. The lowest BCUT2D eigenvalue weighted by molar-refractivity contribution is 0.415. The quantitative estimate of drug-likeness (QED) is 0.503. The van der Waals surface area contributed by atoms with E-state index in [9.17, 15) is 0 Å². The molecule has 0 aliphatic heterocycles. The highest BCUT2D eigenvalue weighted by Gasteiger charge is 2.31. The fourth-order valence-corrected chi connectivity index (χ4v) is 4.29. The van der Waals surface area contributed by atoms with Crippen molar-refractivity contribution in [3.05, 3.63) is 115 Å². The number of ether oxygens (including phenoxy) is 1. The molecule has 0 heterocycles. The SMILES string of the molecule is COc1cccc([B-](c2ccccc2)(c2ccccc2)c2ccccc2)c1. The Morgan fingerprint density at radius 3 is 1.30 bits per heavy atom. The molecule has 0 unspecified atom stereocenters. The van der Waals surface area contributed by atoms with Crippen molar-refractivity contribution in [3.63, 3.8) is 0 Å². The topological polar surface area (TPSA) is 9.23 Å². The molecule has 132 valence electrons. The summed E-state index contributed by atoms with van der Waals surface area (Å²) >= 11 is 0. The first kappa shape index (κ1) is 17.2. The zero-order valence-corrected chi connectivity index (χ0v) is 15.5. The summed E-state index contributed by atoms with van der Waals surface area (Å²) in [5.74, 6) is 0.876. The first-order valence-electron chi connectivity index (χ1n) is 9.32. The minimum Gasteiger partial charge on any atom is -0.497 e. The first-order chi connectivity index (χ1) is 13.4. The average molecular weight is 349 g/mol. The van der Waals surface area contributed by atoms with Crippen molar-refractivity contribution < 1.29 is 4.74 Å². The molecule has 0 N–H and O–H groups in total. The molecule has 0 amide bonds. The van der Waals surface area contributed by atoms with Gasteiger partial charge in [0.15, 0.2) is 0 Å². The van der Waals surface area contributed by atoms with E-state index in [0.29, 0.717) is 0 Å². The summed E-state index contributed by atoms with van der Waals surface area (Å²) in [6, 6.07) is 40.9. The van der Waals surface area contributed by atoms with Gasteiger partial charge in [0.05, 0.1) is 7.11 Å². The summed E-state index contributed by atoms with van der Waals surface area (Å²) in [6.45, 7) is 0. The van der Waals surface area contributed by atoms with E-state index in [1.807, 2.05) is 6.07 Å². The van der Waals surface area contributed by atoms with Gasteiger partial charge in [0.2, 0.25) is 0 Å². The van der Waals surface area contributed by atoms with Crippen LogP contribution in [0.3, 0.4) is 0 Å². The third-order valence-corrected chi connectivity index (χ3v) is 5.49. The number of hydrogen-bond donors (Lipinski definition) is 0. The van der Waals surface area contributed by atoms with Crippen LogP contribution in [0.4, 0.5) is 0 Å².